The average Bonchev–Trinajstić information content (AvgIpc) is 2.30. The fourth-order valence-electron chi connectivity index (χ4n) is 2.75. The molecule has 0 aromatic carbocycles. The van der Waals surface area contributed by atoms with Gasteiger partial charge in [0, 0.05) is 19.6 Å². The van der Waals surface area contributed by atoms with Crippen LogP contribution in [0, 0.1) is 5.41 Å². The molecule has 2 heteroatoms. The molecule has 96 valence electrons. The van der Waals surface area contributed by atoms with Gasteiger partial charge < -0.3 is 10.2 Å². The van der Waals surface area contributed by atoms with Crippen LogP contribution in [0.3, 0.4) is 0 Å². The van der Waals surface area contributed by atoms with E-state index in [0.717, 1.165) is 6.54 Å². The molecule has 0 heterocycles. The Hall–Kier alpha value is -0.0800. The molecule has 0 bridgehead atoms. The zero-order valence-electron chi connectivity index (χ0n) is 11.5. The van der Waals surface area contributed by atoms with Gasteiger partial charge in [0.05, 0.1) is 0 Å². The SMILES string of the molecule is CCN(CC)CCNCC1(C)CCCCC1. The van der Waals surface area contributed by atoms with Gasteiger partial charge in [0.15, 0.2) is 0 Å². The van der Waals surface area contributed by atoms with E-state index in [9.17, 15) is 0 Å². The van der Waals surface area contributed by atoms with Gasteiger partial charge in [-0.3, -0.25) is 0 Å². The van der Waals surface area contributed by atoms with Crippen LogP contribution in [0.4, 0.5) is 0 Å². The van der Waals surface area contributed by atoms with E-state index < -0.39 is 0 Å². The Bertz CT molecular complexity index is 170. The van der Waals surface area contributed by atoms with Crippen molar-refractivity contribution in [2.75, 3.05) is 32.7 Å². The van der Waals surface area contributed by atoms with Gasteiger partial charge in [-0.1, -0.05) is 40.0 Å². The van der Waals surface area contributed by atoms with E-state index in [-0.39, 0.29) is 0 Å². The maximum atomic E-state index is 3.65. The molecule has 1 aliphatic rings. The molecule has 0 spiro atoms. The van der Waals surface area contributed by atoms with Crippen molar-refractivity contribution in [3.8, 4) is 0 Å². The molecule has 16 heavy (non-hydrogen) atoms. The largest absolute Gasteiger partial charge is 0.315 e. The second kappa shape index (κ2) is 7.29. The third-order valence-corrected chi connectivity index (χ3v) is 4.11. The molecular weight excluding hydrogens is 196 g/mol. The molecule has 0 aliphatic heterocycles. The van der Waals surface area contributed by atoms with Gasteiger partial charge in [-0.05, 0) is 31.3 Å². The maximum absolute atomic E-state index is 3.65. The van der Waals surface area contributed by atoms with E-state index in [1.165, 1.54) is 58.3 Å². The minimum atomic E-state index is 0.585. The highest BCUT2D eigenvalue weighted by atomic mass is 15.1. The van der Waals surface area contributed by atoms with Crippen LogP contribution in [0.25, 0.3) is 0 Å². The molecule has 0 atom stereocenters. The molecule has 0 aromatic heterocycles. The maximum Gasteiger partial charge on any atom is 0.0107 e. The summed E-state index contributed by atoms with van der Waals surface area (Å²) < 4.78 is 0. The van der Waals surface area contributed by atoms with E-state index in [0.29, 0.717) is 5.41 Å². The summed E-state index contributed by atoms with van der Waals surface area (Å²) >= 11 is 0. The lowest BCUT2D eigenvalue weighted by atomic mass is 9.76. The lowest BCUT2D eigenvalue weighted by molar-refractivity contribution is 0.203. The van der Waals surface area contributed by atoms with Gasteiger partial charge in [-0.2, -0.15) is 0 Å². The van der Waals surface area contributed by atoms with Crippen molar-refractivity contribution in [2.24, 2.45) is 5.41 Å². The van der Waals surface area contributed by atoms with Gasteiger partial charge in [0.1, 0.15) is 0 Å². The second-order valence-electron chi connectivity index (χ2n) is 5.57. The van der Waals surface area contributed by atoms with Gasteiger partial charge >= 0.3 is 0 Å². The quantitative estimate of drug-likeness (QED) is 0.672. The van der Waals surface area contributed by atoms with Gasteiger partial charge in [0.2, 0.25) is 0 Å². The first kappa shape index (κ1) is 14.0. The van der Waals surface area contributed by atoms with Gasteiger partial charge in [0.25, 0.3) is 0 Å². The predicted octanol–water partition coefficient (Wildman–Crippen LogP) is 2.89. The normalized spacial score (nSPS) is 20.2. The Morgan fingerprint density at radius 3 is 2.25 bits per heavy atom. The monoisotopic (exact) mass is 226 g/mol. The predicted molar refractivity (Wildman–Crippen MR) is 71.8 cm³/mol. The lowest BCUT2D eigenvalue weighted by Crippen LogP contribution is -2.38. The van der Waals surface area contributed by atoms with Crippen molar-refractivity contribution in [3.05, 3.63) is 0 Å². The van der Waals surface area contributed by atoms with Crippen molar-refractivity contribution < 1.29 is 0 Å². The summed E-state index contributed by atoms with van der Waals surface area (Å²) in [6.45, 7) is 12.9. The van der Waals surface area contributed by atoms with Gasteiger partial charge in [-0.25, -0.2) is 0 Å². The third kappa shape index (κ3) is 4.84. The van der Waals surface area contributed by atoms with E-state index in [1.54, 1.807) is 0 Å². The Labute approximate surface area is 102 Å². The average molecular weight is 226 g/mol. The molecule has 0 aromatic rings. The number of rotatable bonds is 7. The summed E-state index contributed by atoms with van der Waals surface area (Å²) in [5.74, 6) is 0. The highest BCUT2D eigenvalue weighted by molar-refractivity contribution is 4.80. The molecule has 1 rings (SSSR count). The third-order valence-electron chi connectivity index (χ3n) is 4.11. The van der Waals surface area contributed by atoms with E-state index >= 15 is 0 Å². The van der Waals surface area contributed by atoms with Crippen LogP contribution in [0.15, 0.2) is 0 Å². The molecule has 1 saturated carbocycles. The zero-order chi connectivity index (χ0) is 11.9. The summed E-state index contributed by atoms with van der Waals surface area (Å²) in [4.78, 5) is 2.48. The van der Waals surface area contributed by atoms with Crippen LogP contribution in [-0.2, 0) is 0 Å². The standard InChI is InChI=1S/C14H30N2/c1-4-16(5-2)12-11-15-13-14(3)9-7-6-8-10-14/h15H,4-13H2,1-3H3. The van der Waals surface area contributed by atoms with Gasteiger partial charge in [-0.15, -0.1) is 0 Å². The van der Waals surface area contributed by atoms with E-state index in [1.807, 2.05) is 0 Å². The van der Waals surface area contributed by atoms with Crippen molar-refractivity contribution in [1.29, 1.82) is 0 Å². The topological polar surface area (TPSA) is 15.3 Å². The number of nitrogens with zero attached hydrogens (tertiary/aromatic N) is 1. The summed E-state index contributed by atoms with van der Waals surface area (Å²) in [5, 5.41) is 3.65. The molecule has 0 unspecified atom stereocenters. The molecule has 0 radical (unpaired) electrons. The Kier molecular flexibility index (Phi) is 6.37. The molecule has 2 nitrogen and oxygen atoms in total. The fourth-order valence-corrected chi connectivity index (χ4v) is 2.75. The Morgan fingerprint density at radius 2 is 1.69 bits per heavy atom. The molecular formula is C14H30N2. The summed E-state index contributed by atoms with van der Waals surface area (Å²) in [6.07, 6.45) is 7.17. The number of hydrogen-bond acceptors (Lipinski definition) is 2. The summed E-state index contributed by atoms with van der Waals surface area (Å²) in [5.41, 5.74) is 0.585. The summed E-state index contributed by atoms with van der Waals surface area (Å²) in [7, 11) is 0. The number of hydrogen-bond donors (Lipinski definition) is 1. The van der Waals surface area contributed by atoms with E-state index in [2.05, 4.69) is 31.0 Å². The zero-order valence-corrected chi connectivity index (χ0v) is 11.5. The molecule has 1 N–H and O–H groups in total. The highest BCUT2D eigenvalue weighted by Crippen LogP contribution is 2.34. The molecule has 0 saturated heterocycles. The van der Waals surface area contributed by atoms with Crippen LogP contribution >= 0.6 is 0 Å². The first-order chi connectivity index (χ1) is 7.70. The number of likely N-dealkylation sites (N-methyl/N-ethyl adjacent to an activating group) is 1. The van der Waals surface area contributed by atoms with E-state index in [4.69, 9.17) is 0 Å². The second-order valence-corrected chi connectivity index (χ2v) is 5.57. The minimum absolute atomic E-state index is 0.585. The lowest BCUT2D eigenvalue weighted by Gasteiger charge is -2.34. The van der Waals surface area contributed by atoms with Crippen molar-refractivity contribution in [1.82, 2.24) is 10.2 Å². The summed E-state index contributed by atoms with van der Waals surface area (Å²) in [6, 6.07) is 0. The van der Waals surface area contributed by atoms with Crippen LogP contribution in [0.2, 0.25) is 0 Å². The first-order valence-corrected chi connectivity index (χ1v) is 7.13. The molecule has 1 aliphatic carbocycles. The minimum Gasteiger partial charge on any atom is -0.315 e. The van der Waals surface area contributed by atoms with Crippen LogP contribution in [-0.4, -0.2) is 37.6 Å². The molecule has 0 amide bonds. The smallest absolute Gasteiger partial charge is 0.0107 e. The van der Waals surface area contributed by atoms with Crippen LogP contribution in [0.5, 0.6) is 0 Å². The highest BCUT2D eigenvalue weighted by Gasteiger charge is 2.25. The Morgan fingerprint density at radius 1 is 1.06 bits per heavy atom. The van der Waals surface area contributed by atoms with Crippen LogP contribution in [0.1, 0.15) is 52.9 Å². The van der Waals surface area contributed by atoms with Crippen molar-refractivity contribution in [2.45, 2.75) is 52.9 Å². The fraction of sp³-hybridized carbons (Fsp3) is 1.00. The number of nitrogens with one attached hydrogen (secondary N) is 1. The first-order valence-electron chi connectivity index (χ1n) is 7.13. The molecule has 1 fully saturated rings. The Balaban J connectivity index is 2.09. The van der Waals surface area contributed by atoms with Crippen molar-refractivity contribution in [3.63, 3.8) is 0 Å². The van der Waals surface area contributed by atoms with Crippen molar-refractivity contribution >= 4 is 0 Å². The van der Waals surface area contributed by atoms with Crippen LogP contribution < -0.4 is 5.32 Å².